The Hall–Kier alpha value is -2.45. The maximum absolute atomic E-state index is 12.2. The fourth-order valence-electron chi connectivity index (χ4n) is 5.52. The molecule has 238 valence electrons. The number of rotatable bonds is 15. The van der Waals surface area contributed by atoms with Gasteiger partial charge in [-0.1, -0.05) is 60.7 Å². The summed E-state index contributed by atoms with van der Waals surface area (Å²) in [7, 11) is 6.27. The van der Waals surface area contributed by atoms with Gasteiger partial charge in [0, 0.05) is 41.8 Å². The molecule has 43 heavy (non-hydrogen) atoms. The summed E-state index contributed by atoms with van der Waals surface area (Å²) < 4.78 is 59.5. The number of hydrogen-bond acceptors (Lipinski definition) is 11. The highest BCUT2D eigenvalue weighted by Crippen LogP contribution is 2.31. The predicted octanol–water partition coefficient (Wildman–Crippen LogP) is 3.27. The molecule has 2 fully saturated rings. The summed E-state index contributed by atoms with van der Waals surface area (Å²) in [4.78, 5) is 12.2. The summed E-state index contributed by atoms with van der Waals surface area (Å²) >= 11 is 0. The third-order valence-electron chi connectivity index (χ3n) is 7.57. The van der Waals surface area contributed by atoms with Gasteiger partial charge in [0.05, 0.1) is 26.4 Å². The van der Waals surface area contributed by atoms with Crippen LogP contribution in [0.15, 0.2) is 60.7 Å². The zero-order valence-corrected chi connectivity index (χ0v) is 25.5. The van der Waals surface area contributed by atoms with E-state index in [1.807, 2.05) is 60.7 Å². The molecular formula is C32H44O11. The van der Waals surface area contributed by atoms with Crippen molar-refractivity contribution in [1.29, 1.82) is 0 Å². The lowest BCUT2D eigenvalue weighted by atomic mass is 9.98. The molecule has 0 aromatic heterocycles. The second-order valence-electron chi connectivity index (χ2n) is 10.5. The van der Waals surface area contributed by atoms with Crippen LogP contribution in [0.25, 0.3) is 0 Å². The van der Waals surface area contributed by atoms with Gasteiger partial charge >= 0.3 is 5.97 Å². The standard InChI is InChI=1S/C32H44O11/c1-21(33)41-24-16-27(39-20-26-29(34-2)30(35-3)31(36-4)32(37-5)43-26)42-25(19-38-17-22-12-8-6-9-13-22)28(24)40-18-23-14-10-7-11-15-23/h6-15,24-32H,16-20H2,1-5H3/t24-,25-,26-,27+,28-,29-,30+,31-,32+/m1/s1. The first-order valence-corrected chi connectivity index (χ1v) is 14.5. The van der Waals surface area contributed by atoms with Gasteiger partial charge in [0.15, 0.2) is 12.6 Å². The molecule has 2 saturated heterocycles. The Balaban J connectivity index is 1.47. The molecule has 11 heteroatoms. The van der Waals surface area contributed by atoms with Crippen molar-refractivity contribution in [2.75, 3.05) is 41.7 Å². The van der Waals surface area contributed by atoms with Gasteiger partial charge in [0.2, 0.25) is 0 Å². The van der Waals surface area contributed by atoms with Crippen molar-refractivity contribution in [2.45, 2.75) is 81.9 Å². The molecule has 2 aromatic rings. The average molecular weight is 605 g/mol. The normalized spacial score (nSPS) is 31.0. The maximum atomic E-state index is 12.2. The van der Waals surface area contributed by atoms with E-state index in [1.165, 1.54) is 14.0 Å². The summed E-state index contributed by atoms with van der Waals surface area (Å²) in [5.41, 5.74) is 2.01. The van der Waals surface area contributed by atoms with Gasteiger partial charge in [-0.05, 0) is 11.1 Å². The highest BCUT2D eigenvalue weighted by molar-refractivity contribution is 5.66. The summed E-state index contributed by atoms with van der Waals surface area (Å²) in [6, 6.07) is 19.6. The van der Waals surface area contributed by atoms with Crippen LogP contribution in [0.1, 0.15) is 24.5 Å². The van der Waals surface area contributed by atoms with Gasteiger partial charge in [-0.3, -0.25) is 4.79 Å². The van der Waals surface area contributed by atoms with E-state index >= 15 is 0 Å². The third-order valence-corrected chi connectivity index (χ3v) is 7.57. The number of benzene rings is 2. The minimum Gasteiger partial charge on any atom is -0.459 e. The van der Waals surface area contributed by atoms with Crippen molar-refractivity contribution in [2.24, 2.45) is 0 Å². The van der Waals surface area contributed by atoms with Gasteiger partial charge < -0.3 is 47.4 Å². The van der Waals surface area contributed by atoms with Crippen LogP contribution in [0.3, 0.4) is 0 Å². The van der Waals surface area contributed by atoms with E-state index in [4.69, 9.17) is 47.4 Å². The molecule has 0 radical (unpaired) electrons. The van der Waals surface area contributed by atoms with Crippen LogP contribution in [0.2, 0.25) is 0 Å². The van der Waals surface area contributed by atoms with E-state index in [9.17, 15) is 4.79 Å². The molecule has 0 saturated carbocycles. The molecule has 2 aromatic carbocycles. The van der Waals surface area contributed by atoms with E-state index in [-0.39, 0.29) is 19.6 Å². The predicted molar refractivity (Wildman–Crippen MR) is 154 cm³/mol. The summed E-state index contributed by atoms with van der Waals surface area (Å²) in [6.07, 6.45) is -4.99. The highest BCUT2D eigenvalue weighted by atomic mass is 16.7. The van der Waals surface area contributed by atoms with Crippen molar-refractivity contribution in [3.8, 4) is 0 Å². The first kappa shape index (κ1) is 33.4. The van der Waals surface area contributed by atoms with Crippen molar-refractivity contribution >= 4 is 5.97 Å². The van der Waals surface area contributed by atoms with Crippen LogP contribution in [0.4, 0.5) is 0 Å². The number of esters is 1. The van der Waals surface area contributed by atoms with E-state index in [2.05, 4.69) is 0 Å². The zero-order chi connectivity index (χ0) is 30.6. The monoisotopic (exact) mass is 604 g/mol. The van der Waals surface area contributed by atoms with E-state index < -0.39 is 61.3 Å². The minimum absolute atomic E-state index is 0.0965. The van der Waals surface area contributed by atoms with Crippen molar-refractivity contribution < 1.29 is 52.2 Å². The van der Waals surface area contributed by atoms with Crippen LogP contribution >= 0.6 is 0 Å². The number of ether oxygens (including phenoxy) is 10. The lowest BCUT2D eigenvalue weighted by molar-refractivity contribution is -0.323. The lowest BCUT2D eigenvalue weighted by Gasteiger charge is -2.45. The van der Waals surface area contributed by atoms with Crippen molar-refractivity contribution in [3.05, 3.63) is 71.8 Å². The minimum atomic E-state index is -0.741. The van der Waals surface area contributed by atoms with Crippen LogP contribution in [-0.4, -0.2) is 103 Å². The molecule has 2 aliphatic rings. The summed E-state index contributed by atoms with van der Waals surface area (Å²) in [5.74, 6) is -0.422. The van der Waals surface area contributed by atoms with Gasteiger partial charge in [-0.25, -0.2) is 0 Å². The Morgan fingerprint density at radius 3 is 1.88 bits per heavy atom. The van der Waals surface area contributed by atoms with E-state index in [0.29, 0.717) is 13.2 Å². The van der Waals surface area contributed by atoms with Gasteiger partial charge in [0.1, 0.15) is 42.7 Å². The van der Waals surface area contributed by atoms with Crippen LogP contribution in [-0.2, 0) is 65.4 Å². The van der Waals surface area contributed by atoms with E-state index in [0.717, 1.165) is 11.1 Å². The number of carbonyl (C=O) groups is 1. The second kappa shape index (κ2) is 17.1. The quantitative estimate of drug-likeness (QED) is 0.280. The molecule has 2 heterocycles. The topological polar surface area (TPSA) is 109 Å². The first-order valence-electron chi connectivity index (χ1n) is 14.5. The van der Waals surface area contributed by atoms with Crippen LogP contribution < -0.4 is 0 Å². The van der Waals surface area contributed by atoms with Crippen molar-refractivity contribution in [1.82, 2.24) is 0 Å². The first-order chi connectivity index (χ1) is 21.0. The van der Waals surface area contributed by atoms with Gasteiger partial charge in [-0.2, -0.15) is 0 Å². The summed E-state index contributed by atoms with van der Waals surface area (Å²) in [6.45, 7) is 2.37. The number of carbonyl (C=O) groups excluding carboxylic acids is 1. The Bertz CT molecular complexity index is 1070. The molecule has 0 aliphatic carbocycles. The molecule has 0 spiro atoms. The fraction of sp³-hybridized carbons (Fsp3) is 0.594. The molecule has 11 nitrogen and oxygen atoms in total. The second-order valence-corrected chi connectivity index (χ2v) is 10.5. The lowest BCUT2D eigenvalue weighted by Crippen LogP contribution is -2.61. The maximum Gasteiger partial charge on any atom is 0.302 e. The molecule has 0 N–H and O–H groups in total. The SMILES string of the molecule is CO[C@H]1O[C@H](CO[C@@H]2C[C@@H](OC(C)=O)[C@@H](OCc3ccccc3)[C@@H](COCc3ccccc3)O2)[C@@H](OC)[C@H](OC)[C@H]1OC. The number of hydrogen-bond donors (Lipinski definition) is 0. The molecule has 9 atom stereocenters. The largest absolute Gasteiger partial charge is 0.459 e. The Morgan fingerprint density at radius 1 is 0.698 bits per heavy atom. The smallest absolute Gasteiger partial charge is 0.302 e. The number of methoxy groups -OCH3 is 4. The zero-order valence-electron chi connectivity index (χ0n) is 25.5. The molecule has 0 amide bonds. The van der Waals surface area contributed by atoms with Crippen LogP contribution in [0, 0.1) is 0 Å². The van der Waals surface area contributed by atoms with Gasteiger partial charge in [0.25, 0.3) is 0 Å². The van der Waals surface area contributed by atoms with Crippen LogP contribution in [0.5, 0.6) is 0 Å². The molecule has 2 aliphatic heterocycles. The molecule has 4 rings (SSSR count). The highest BCUT2D eigenvalue weighted by Gasteiger charge is 2.48. The molecular weight excluding hydrogens is 560 g/mol. The van der Waals surface area contributed by atoms with E-state index in [1.54, 1.807) is 21.3 Å². The average Bonchev–Trinajstić information content (AvgIpc) is 3.03. The summed E-state index contributed by atoms with van der Waals surface area (Å²) in [5, 5.41) is 0. The third kappa shape index (κ3) is 9.27. The molecule has 0 bridgehead atoms. The molecule has 0 unspecified atom stereocenters. The Kier molecular flexibility index (Phi) is 13.3. The van der Waals surface area contributed by atoms with Gasteiger partial charge in [-0.15, -0.1) is 0 Å². The Morgan fingerprint density at radius 2 is 1.30 bits per heavy atom. The Labute approximate surface area is 253 Å². The van der Waals surface area contributed by atoms with Crippen molar-refractivity contribution in [3.63, 3.8) is 0 Å². The fourth-order valence-corrected chi connectivity index (χ4v) is 5.52.